The zero-order valence-corrected chi connectivity index (χ0v) is 9.44. The largest absolute Gasteiger partial charge is 0.478 e. The lowest BCUT2D eigenvalue weighted by Gasteiger charge is -1.97. The van der Waals surface area contributed by atoms with E-state index in [-0.39, 0.29) is 23.1 Å². The van der Waals surface area contributed by atoms with Gasteiger partial charge in [0.25, 0.3) is 0 Å². The van der Waals surface area contributed by atoms with E-state index >= 15 is 0 Å². The average molecular weight is 260 g/mol. The van der Waals surface area contributed by atoms with Crippen molar-refractivity contribution in [1.82, 2.24) is 14.8 Å². The second-order valence-corrected chi connectivity index (χ2v) is 3.15. The molecule has 0 aliphatic heterocycles. The maximum Gasteiger partial charge on any atom is 0.340 e. The first-order valence-corrected chi connectivity index (χ1v) is 4.45. The predicted octanol–water partition coefficient (Wildman–Crippen LogP) is 2.04. The highest BCUT2D eigenvalue weighted by molar-refractivity contribution is 6.32. The lowest BCUT2D eigenvalue weighted by molar-refractivity contribution is 0.0697. The first kappa shape index (κ1) is 12.5. The number of aromatic nitrogens is 3. The average Bonchev–Trinajstić information content (AvgIpc) is 2.62. The number of aromatic carboxylic acids is 1. The summed E-state index contributed by atoms with van der Waals surface area (Å²) in [6, 6.07) is 3.48. The first-order valence-electron chi connectivity index (χ1n) is 4.07. The summed E-state index contributed by atoms with van der Waals surface area (Å²) in [5, 5.41) is 12.6. The number of pyridine rings is 1. The van der Waals surface area contributed by atoms with Crippen LogP contribution in [0.25, 0.3) is 5.69 Å². The van der Waals surface area contributed by atoms with Crippen LogP contribution in [-0.2, 0) is 0 Å². The van der Waals surface area contributed by atoms with Gasteiger partial charge >= 0.3 is 5.97 Å². The number of hydrogen-bond donors (Lipinski definition) is 1. The molecular formula is C9H7Cl2N3O2. The van der Waals surface area contributed by atoms with Crippen LogP contribution in [0.4, 0.5) is 0 Å². The maximum atomic E-state index is 10.7. The fourth-order valence-corrected chi connectivity index (χ4v) is 1.33. The summed E-state index contributed by atoms with van der Waals surface area (Å²) in [4.78, 5) is 14.6. The Morgan fingerprint density at radius 1 is 1.50 bits per heavy atom. The smallest absolute Gasteiger partial charge is 0.340 e. The normalized spacial score (nSPS) is 9.56. The quantitative estimate of drug-likeness (QED) is 0.897. The van der Waals surface area contributed by atoms with E-state index in [1.165, 1.54) is 10.9 Å². The van der Waals surface area contributed by atoms with Gasteiger partial charge in [-0.15, -0.1) is 12.4 Å². The van der Waals surface area contributed by atoms with Gasteiger partial charge in [0, 0.05) is 12.4 Å². The van der Waals surface area contributed by atoms with Crippen molar-refractivity contribution in [3.63, 3.8) is 0 Å². The lowest BCUT2D eigenvalue weighted by atomic mass is 10.4. The molecular weight excluding hydrogens is 253 g/mol. The minimum Gasteiger partial charge on any atom is -0.478 e. The molecule has 0 aliphatic carbocycles. The van der Waals surface area contributed by atoms with E-state index in [2.05, 4.69) is 10.1 Å². The third kappa shape index (κ3) is 2.32. The summed E-state index contributed by atoms with van der Waals surface area (Å²) in [6.07, 6.45) is 4.53. The van der Waals surface area contributed by atoms with Gasteiger partial charge in [-0.3, -0.25) is 4.98 Å². The van der Waals surface area contributed by atoms with Crippen molar-refractivity contribution >= 4 is 30.0 Å². The van der Waals surface area contributed by atoms with Crippen molar-refractivity contribution in [2.24, 2.45) is 0 Å². The Kier molecular flexibility index (Phi) is 3.87. The van der Waals surface area contributed by atoms with Crippen LogP contribution in [0.15, 0.2) is 30.7 Å². The van der Waals surface area contributed by atoms with E-state index in [9.17, 15) is 4.79 Å². The highest BCUT2D eigenvalue weighted by Crippen LogP contribution is 2.15. The van der Waals surface area contributed by atoms with Gasteiger partial charge in [-0.2, -0.15) is 5.10 Å². The van der Waals surface area contributed by atoms with E-state index in [0.29, 0.717) is 5.69 Å². The van der Waals surface area contributed by atoms with Gasteiger partial charge in [-0.1, -0.05) is 11.6 Å². The van der Waals surface area contributed by atoms with Gasteiger partial charge in [0.1, 0.15) is 5.56 Å². The monoisotopic (exact) mass is 259 g/mol. The number of rotatable bonds is 2. The van der Waals surface area contributed by atoms with Crippen molar-refractivity contribution < 1.29 is 9.90 Å². The molecule has 0 aliphatic rings. The molecule has 5 nitrogen and oxygen atoms in total. The third-order valence-corrected chi connectivity index (χ3v) is 2.09. The summed E-state index contributed by atoms with van der Waals surface area (Å²) in [7, 11) is 0. The van der Waals surface area contributed by atoms with Crippen molar-refractivity contribution in [3.05, 3.63) is 41.4 Å². The van der Waals surface area contributed by atoms with Crippen LogP contribution in [0.3, 0.4) is 0 Å². The topological polar surface area (TPSA) is 68.0 Å². The molecule has 2 aromatic rings. The predicted molar refractivity (Wildman–Crippen MR) is 60.6 cm³/mol. The molecule has 7 heteroatoms. The molecule has 0 atom stereocenters. The molecule has 0 fully saturated rings. The third-order valence-electron chi connectivity index (χ3n) is 1.81. The Morgan fingerprint density at radius 2 is 2.25 bits per heavy atom. The molecule has 2 heterocycles. The molecule has 0 unspecified atom stereocenters. The summed E-state index contributed by atoms with van der Waals surface area (Å²) >= 11 is 5.66. The Labute approximate surface area is 102 Å². The van der Waals surface area contributed by atoms with Crippen LogP contribution >= 0.6 is 24.0 Å². The Balaban J connectivity index is 0.00000128. The molecule has 0 saturated heterocycles. The highest BCUT2D eigenvalue weighted by Gasteiger charge is 2.13. The highest BCUT2D eigenvalue weighted by atomic mass is 35.5. The minimum atomic E-state index is -1.10. The van der Waals surface area contributed by atoms with Gasteiger partial charge in [0.15, 0.2) is 5.15 Å². The van der Waals surface area contributed by atoms with E-state index in [1.807, 2.05) is 0 Å². The molecule has 16 heavy (non-hydrogen) atoms. The SMILES string of the molecule is Cl.O=C(O)c1cn(-c2cccnc2)nc1Cl. The Bertz CT molecular complexity index is 499. The first-order chi connectivity index (χ1) is 7.18. The second-order valence-electron chi connectivity index (χ2n) is 2.79. The van der Waals surface area contributed by atoms with Gasteiger partial charge in [-0.25, -0.2) is 9.48 Å². The molecule has 0 aromatic carbocycles. The van der Waals surface area contributed by atoms with Crippen LogP contribution < -0.4 is 0 Å². The fourth-order valence-electron chi connectivity index (χ4n) is 1.12. The number of carbonyl (C=O) groups is 1. The molecule has 2 rings (SSSR count). The number of carboxylic acids is 1. The number of nitrogens with zero attached hydrogens (tertiary/aromatic N) is 3. The molecule has 0 saturated carbocycles. The molecule has 0 bridgehead atoms. The van der Waals surface area contributed by atoms with Gasteiger partial charge < -0.3 is 5.11 Å². The van der Waals surface area contributed by atoms with Crippen molar-refractivity contribution in [3.8, 4) is 5.69 Å². The summed E-state index contributed by atoms with van der Waals surface area (Å²) in [5.41, 5.74) is 0.632. The molecule has 0 radical (unpaired) electrons. The van der Waals surface area contributed by atoms with Crippen molar-refractivity contribution in [1.29, 1.82) is 0 Å². The molecule has 0 amide bonds. The molecule has 1 N–H and O–H groups in total. The van der Waals surface area contributed by atoms with Gasteiger partial charge in [0.05, 0.1) is 11.9 Å². The molecule has 0 spiro atoms. The number of halogens is 2. The van der Waals surface area contributed by atoms with Crippen LogP contribution in [0.5, 0.6) is 0 Å². The second kappa shape index (κ2) is 4.96. The van der Waals surface area contributed by atoms with Crippen LogP contribution in [0.1, 0.15) is 10.4 Å². The summed E-state index contributed by atoms with van der Waals surface area (Å²) < 4.78 is 1.37. The molecule has 2 aromatic heterocycles. The minimum absolute atomic E-state index is 0. The van der Waals surface area contributed by atoms with Crippen molar-refractivity contribution in [2.75, 3.05) is 0 Å². The maximum absolute atomic E-state index is 10.7. The van der Waals surface area contributed by atoms with Crippen LogP contribution in [0, 0.1) is 0 Å². The standard InChI is InChI=1S/C9H6ClN3O2.ClH/c10-8-7(9(14)15)5-13(12-8)6-2-1-3-11-4-6;/h1-5H,(H,14,15);1H. The number of carboxylic acid groups (broad SMARTS) is 1. The van der Waals surface area contributed by atoms with E-state index < -0.39 is 5.97 Å². The lowest BCUT2D eigenvalue weighted by Crippen LogP contribution is -1.95. The van der Waals surface area contributed by atoms with E-state index in [0.717, 1.165) is 0 Å². The summed E-state index contributed by atoms with van der Waals surface area (Å²) in [5.74, 6) is -1.10. The van der Waals surface area contributed by atoms with E-state index in [4.69, 9.17) is 16.7 Å². The van der Waals surface area contributed by atoms with Gasteiger partial charge in [0.2, 0.25) is 0 Å². The van der Waals surface area contributed by atoms with Gasteiger partial charge in [-0.05, 0) is 12.1 Å². The summed E-state index contributed by atoms with van der Waals surface area (Å²) in [6.45, 7) is 0. The zero-order chi connectivity index (χ0) is 10.8. The Hall–Kier alpha value is -1.59. The van der Waals surface area contributed by atoms with Crippen LogP contribution in [0.2, 0.25) is 5.15 Å². The molecule has 84 valence electrons. The fraction of sp³-hybridized carbons (Fsp3) is 0. The van der Waals surface area contributed by atoms with E-state index in [1.54, 1.807) is 24.5 Å². The number of hydrogen-bond acceptors (Lipinski definition) is 3. The Morgan fingerprint density at radius 3 is 2.75 bits per heavy atom. The van der Waals surface area contributed by atoms with Crippen molar-refractivity contribution in [2.45, 2.75) is 0 Å². The zero-order valence-electron chi connectivity index (χ0n) is 7.87. The van der Waals surface area contributed by atoms with Crippen LogP contribution in [-0.4, -0.2) is 25.8 Å².